The fraction of sp³-hybridized carbons (Fsp3) is 0.185. The Labute approximate surface area is 214 Å². The molecular weight excluding hydrogens is 533 g/mol. The van der Waals surface area contributed by atoms with Crippen molar-refractivity contribution < 1.29 is 18.0 Å². The van der Waals surface area contributed by atoms with E-state index in [0.29, 0.717) is 5.69 Å². The lowest BCUT2D eigenvalue weighted by molar-refractivity contribution is -0.173. The van der Waals surface area contributed by atoms with Crippen molar-refractivity contribution in [2.45, 2.75) is 31.2 Å². The van der Waals surface area contributed by atoms with Crippen molar-refractivity contribution in [2.75, 3.05) is 10.2 Å². The summed E-state index contributed by atoms with van der Waals surface area (Å²) in [5.74, 6) is -0.317. The Kier molecular flexibility index (Phi) is 6.57. The van der Waals surface area contributed by atoms with E-state index in [4.69, 9.17) is 0 Å². The first-order valence-corrected chi connectivity index (χ1v) is 12.2. The molecule has 0 saturated heterocycles. The fourth-order valence-corrected chi connectivity index (χ4v) is 4.65. The SMILES string of the molecule is O=C(c1cc2n(n1)[C@@H](C(F)(F)F)C[C@H](c1ccc(Br)cc1)N2)N(Cc1ccccc1)c1ccccc1. The van der Waals surface area contributed by atoms with Gasteiger partial charge in [0, 0.05) is 22.6 Å². The van der Waals surface area contributed by atoms with Gasteiger partial charge in [-0.1, -0.05) is 76.6 Å². The second-order valence-electron chi connectivity index (χ2n) is 8.61. The summed E-state index contributed by atoms with van der Waals surface area (Å²) in [5.41, 5.74) is 2.19. The molecule has 184 valence electrons. The summed E-state index contributed by atoms with van der Waals surface area (Å²) in [5, 5.41) is 7.32. The first-order valence-electron chi connectivity index (χ1n) is 11.4. The van der Waals surface area contributed by atoms with Crippen LogP contribution in [-0.2, 0) is 6.54 Å². The molecule has 0 radical (unpaired) electrons. The topological polar surface area (TPSA) is 50.2 Å². The monoisotopic (exact) mass is 554 g/mol. The number of halogens is 4. The molecular formula is C27H22BrF3N4O. The highest BCUT2D eigenvalue weighted by atomic mass is 79.9. The molecule has 3 aromatic carbocycles. The number of para-hydroxylation sites is 1. The summed E-state index contributed by atoms with van der Waals surface area (Å²) in [7, 11) is 0. The maximum atomic E-state index is 14.1. The average molecular weight is 555 g/mol. The minimum Gasteiger partial charge on any atom is -0.363 e. The molecule has 0 bridgehead atoms. The van der Waals surface area contributed by atoms with Crippen LogP contribution in [0.15, 0.2) is 95.5 Å². The first-order chi connectivity index (χ1) is 17.3. The second-order valence-corrected chi connectivity index (χ2v) is 9.53. The lowest BCUT2D eigenvalue weighted by atomic mass is 9.97. The minimum atomic E-state index is -4.53. The van der Waals surface area contributed by atoms with Crippen molar-refractivity contribution in [3.8, 4) is 0 Å². The first kappa shape index (κ1) is 24.1. The van der Waals surface area contributed by atoms with Gasteiger partial charge in [-0.2, -0.15) is 18.3 Å². The van der Waals surface area contributed by atoms with Crippen LogP contribution in [0.5, 0.6) is 0 Å². The number of rotatable bonds is 5. The molecule has 0 aliphatic carbocycles. The van der Waals surface area contributed by atoms with Gasteiger partial charge in [-0.3, -0.25) is 4.79 Å². The molecule has 1 aliphatic rings. The van der Waals surface area contributed by atoms with Crippen LogP contribution in [0.2, 0.25) is 0 Å². The van der Waals surface area contributed by atoms with Crippen LogP contribution in [0.4, 0.5) is 24.7 Å². The summed E-state index contributed by atoms with van der Waals surface area (Å²) < 4.78 is 44.0. The van der Waals surface area contributed by atoms with Gasteiger partial charge < -0.3 is 10.2 Å². The Morgan fingerprint density at radius 1 is 1.00 bits per heavy atom. The number of nitrogens with one attached hydrogen (secondary N) is 1. The molecule has 1 aromatic heterocycles. The van der Waals surface area contributed by atoms with Gasteiger partial charge in [0.2, 0.25) is 0 Å². The number of fused-ring (bicyclic) bond motifs is 1. The van der Waals surface area contributed by atoms with Crippen molar-refractivity contribution in [1.29, 1.82) is 0 Å². The summed E-state index contributed by atoms with van der Waals surface area (Å²) in [6.45, 7) is 0.253. The number of carbonyl (C=O) groups is 1. The van der Waals surface area contributed by atoms with Gasteiger partial charge in [-0.05, 0) is 35.4 Å². The Morgan fingerprint density at radius 3 is 2.28 bits per heavy atom. The minimum absolute atomic E-state index is 0.0528. The maximum absolute atomic E-state index is 14.1. The van der Waals surface area contributed by atoms with Gasteiger partial charge in [-0.15, -0.1) is 0 Å². The normalized spacial score (nSPS) is 17.2. The molecule has 0 saturated carbocycles. The molecule has 5 nitrogen and oxygen atoms in total. The fourth-order valence-electron chi connectivity index (χ4n) is 4.38. The predicted molar refractivity (Wildman–Crippen MR) is 136 cm³/mol. The van der Waals surface area contributed by atoms with Crippen LogP contribution in [0.25, 0.3) is 0 Å². The summed E-state index contributed by atoms with van der Waals surface area (Å²) in [6, 6.07) is 24.6. The molecule has 4 aromatic rings. The number of hydrogen-bond acceptors (Lipinski definition) is 3. The largest absolute Gasteiger partial charge is 0.410 e. The van der Waals surface area contributed by atoms with E-state index >= 15 is 0 Å². The van der Waals surface area contributed by atoms with Crippen LogP contribution in [0.1, 0.15) is 40.1 Å². The zero-order chi connectivity index (χ0) is 25.3. The van der Waals surface area contributed by atoms with Gasteiger partial charge in [0.15, 0.2) is 11.7 Å². The van der Waals surface area contributed by atoms with E-state index in [1.807, 2.05) is 48.5 Å². The Hall–Kier alpha value is -3.59. The van der Waals surface area contributed by atoms with Gasteiger partial charge in [0.05, 0.1) is 12.6 Å². The van der Waals surface area contributed by atoms with E-state index < -0.39 is 24.2 Å². The number of anilines is 2. The van der Waals surface area contributed by atoms with Gasteiger partial charge >= 0.3 is 6.18 Å². The molecule has 36 heavy (non-hydrogen) atoms. The highest BCUT2D eigenvalue weighted by molar-refractivity contribution is 9.10. The molecule has 0 spiro atoms. The van der Waals surface area contributed by atoms with Crippen LogP contribution >= 0.6 is 15.9 Å². The average Bonchev–Trinajstić information content (AvgIpc) is 3.31. The molecule has 1 N–H and O–H groups in total. The summed E-state index contributed by atoms with van der Waals surface area (Å²) in [6.07, 6.45) is -4.76. The summed E-state index contributed by atoms with van der Waals surface area (Å²) >= 11 is 3.36. The van der Waals surface area contributed by atoms with Crippen molar-refractivity contribution in [3.63, 3.8) is 0 Å². The standard InChI is InChI=1S/C27H22BrF3N4O/c28-20-13-11-19(12-14-20)22-15-24(27(29,30)31)35-25(32-22)16-23(33-35)26(36)34(21-9-5-2-6-10-21)17-18-7-3-1-4-8-18/h1-14,16,22,24,32H,15,17H2/t22-,24-/m1/s1. The number of alkyl halides is 3. The molecule has 9 heteroatoms. The highest BCUT2D eigenvalue weighted by Gasteiger charge is 2.47. The zero-order valence-electron chi connectivity index (χ0n) is 19.0. The number of aromatic nitrogens is 2. The number of carbonyl (C=O) groups excluding carboxylic acids is 1. The van der Waals surface area contributed by atoms with Crippen molar-refractivity contribution in [3.05, 3.63) is 112 Å². The van der Waals surface area contributed by atoms with E-state index in [1.54, 1.807) is 36.4 Å². The molecule has 2 heterocycles. The van der Waals surface area contributed by atoms with Crippen LogP contribution < -0.4 is 10.2 Å². The second kappa shape index (κ2) is 9.81. The summed E-state index contributed by atoms with van der Waals surface area (Å²) in [4.78, 5) is 15.2. The van der Waals surface area contributed by atoms with Gasteiger partial charge in [0.25, 0.3) is 5.91 Å². The molecule has 0 unspecified atom stereocenters. The molecule has 1 amide bonds. The zero-order valence-corrected chi connectivity index (χ0v) is 20.6. The van der Waals surface area contributed by atoms with Crippen LogP contribution in [0.3, 0.4) is 0 Å². The Balaban J connectivity index is 1.51. The lowest BCUT2D eigenvalue weighted by Gasteiger charge is -2.33. The quantitative estimate of drug-likeness (QED) is 0.285. The van der Waals surface area contributed by atoms with Crippen molar-refractivity contribution >= 4 is 33.3 Å². The van der Waals surface area contributed by atoms with Gasteiger partial charge in [-0.25, -0.2) is 4.68 Å². The van der Waals surface area contributed by atoms with E-state index in [-0.39, 0.29) is 24.5 Å². The third-order valence-electron chi connectivity index (χ3n) is 6.18. The predicted octanol–water partition coefficient (Wildman–Crippen LogP) is 7.15. The van der Waals surface area contributed by atoms with Crippen LogP contribution in [0, 0.1) is 0 Å². The molecule has 2 atom stereocenters. The number of nitrogens with zero attached hydrogens (tertiary/aromatic N) is 3. The van der Waals surface area contributed by atoms with Crippen molar-refractivity contribution in [1.82, 2.24) is 9.78 Å². The van der Waals surface area contributed by atoms with Crippen LogP contribution in [-0.4, -0.2) is 21.9 Å². The molecule has 5 rings (SSSR count). The lowest BCUT2D eigenvalue weighted by Crippen LogP contribution is -2.36. The smallest absolute Gasteiger partial charge is 0.363 e. The third kappa shape index (κ3) is 5.02. The van der Waals surface area contributed by atoms with E-state index in [1.165, 1.54) is 11.0 Å². The molecule has 1 aliphatic heterocycles. The number of amides is 1. The van der Waals surface area contributed by atoms with Gasteiger partial charge in [0.1, 0.15) is 5.82 Å². The number of benzene rings is 3. The van der Waals surface area contributed by atoms with E-state index in [2.05, 4.69) is 26.3 Å². The Morgan fingerprint density at radius 2 is 1.64 bits per heavy atom. The highest BCUT2D eigenvalue weighted by Crippen LogP contribution is 2.44. The molecule has 0 fully saturated rings. The number of hydrogen-bond donors (Lipinski definition) is 1. The van der Waals surface area contributed by atoms with E-state index in [0.717, 1.165) is 20.3 Å². The third-order valence-corrected chi connectivity index (χ3v) is 6.71. The van der Waals surface area contributed by atoms with E-state index in [9.17, 15) is 18.0 Å². The van der Waals surface area contributed by atoms with Crippen molar-refractivity contribution in [2.24, 2.45) is 0 Å². The maximum Gasteiger partial charge on any atom is 0.410 e. The Bertz CT molecular complexity index is 1340.